The van der Waals surface area contributed by atoms with Crippen LogP contribution in [-0.4, -0.2) is 14.8 Å². The molecule has 0 aliphatic carbocycles. The molecule has 3 nitrogen and oxygen atoms in total. The predicted octanol–water partition coefficient (Wildman–Crippen LogP) is 5.41. The second-order valence-electron chi connectivity index (χ2n) is 5.99. The van der Waals surface area contributed by atoms with Crippen LogP contribution >= 0.6 is 11.3 Å². The van der Waals surface area contributed by atoms with E-state index >= 15 is 0 Å². The topological polar surface area (TPSA) is 30.7 Å². The lowest BCUT2D eigenvalue weighted by molar-refractivity contribution is 0.628. The van der Waals surface area contributed by atoms with Gasteiger partial charge < -0.3 is 0 Å². The third-order valence-electron chi connectivity index (χ3n) is 3.92. The van der Waals surface area contributed by atoms with Crippen LogP contribution in [0.4, 0.5) is 4.39 Å². The molecule has 2 aromatic carbocycles. The number of para-hydroxylation sites is 1. The molecule has 4 aromatic rings. The molecule has 0 aliphatic rings. The Morgan fingerprint density at radius 2 is 1.79 bits per heavy atom. The van der Waals surface area contributed by atoms with Gasteiger partial charge in [0.15, 0.2) is 0 Å². The van der Waals surface area contributed by atoms with E-state index in [9.17, 15) is 4.39 Å². The normalized spacial score (nSPS) is 11.5. The smallest absolute Gasteiger partial charge is 0.212 e. The van der Waals surface area contributed by atoms with E-state index in [4.69, 9.17) is 10.1 Å². The summed E-state index contributed by atoms with van der Waals surface area (Å²) in [6.45, 7) is 4.22. The lowest BCUT2D eigenvalue weighted by atomic mass is 10.1. The molecule has 24 heavy (non-hydrogen) atoms. The van der Waals surface area contributed by atoms with E-state index in [2.05, 4.69) is 26.0 Å². The summed E-state index contributed by atoms with van der Waals surface area (Å²) in [4.78, 5) is 4.70. The SMILES string of the molecule is CC(C)c1cc(-c2ccc(F)cc2)n(-c2nc3ccccc3s2)n1. The van der Waals surface area contributed by atoms with Gasteiger partial charge in [0.2, 0.25) is 5.13 Å². The molecule has 0 amide bonds. The molecule has 5 heteroatoms. The fraction of sp³-hybridized carbons (Fsp3) is 0.158. The summed E-state index contributed by atoms with van der Waals surface area (Å²) in [5.74, 6) is 0.0636. The van der Waals surface area contributed by atoms with Crippen molar-refractivity contribution in [3.63, 3.8) is 0 Å². The Balaban J connectivity index is 1.91. The molecule has 4 rings (SSSR count). The largest absolute Gasteiger partial charge is 0.218 e. The average Bonchev–Trinajstić information content (AvgIpc) is 3.19. The van der Waals surface area contributed by atoms with Crippen LogP contribution in [0.25, 0.3) is 26.6 Å². The number of nitrogens with zero attached hydrogens (tertiary/aromatic N) is 3. The van der Waals surface area contributed by atoms with Crippen LogP contribution in [0.1, 0.15) is 25.5 Å². The van der Waals surface area contributed by atoms with E-state index in [0.717, 1.165) is 32.3 Å². The quantitative estimate of drug-likeness (QED) is 0.500. The first-order valence-electron chi connectivity index (χ1n) is 7.83. The molecule has 0 radical (unpaired) electrons. The van der Waals surface area contributed by atoms with Gasteiger partial charge in [-0.3, -0.25) is 0 Å². The number of benzene rings is 2. The fourth-order valence-electron chi connectivity index (χ4n) is 2.60. The average molecular weight is 337 g/mol. The van der Waals surface area contributed by atoms with Crippen molar-refractivity contribution in [1.82, 2.24) is 14.8 Å². The lowest BCUT2D eigenvalue weighted by Gasteiger charge is -2.03. The van der Waals surface area contributed by atoms with Crippen LogP contribution < -0.4 is 0 Å². The van der Waals surface area contributed by atoms with Gasteiger partial charge in [-0.25, -0.2) is 14.1 Å². The Morgan fingerprint density at radius 3 is 2.50 bits per heavy atom. The third-order valence-corrected chi connectivity index (χ3v) is 4.94. The monoisotopic (exact) mass is 337 g/mol. The van der Waals surface area contributed by atoms with Crippen LogP contribution in [-0.2, 0) is 0 Å². The minimum atomic E-state index is -0.242. The highest BCUT2D eigenvalue weighted by Gasteiger charge is 2.16. The zero-order chi connectivity index (χ0) is 16.7. The number of aromatic nitrogens is 3. The molecule has 0 unspecified atom stereocenters. The van der Waals surface area contributed by atoms with E-state index in [1.54, 1.807) is 23.5 Å². The standard InChI is InChI=1S/C19H16FN3S/c1-12(2)16-11-17(13-7-9-14(20)10-8-13)23(22-16)19-21-15-5-3-4-6-18(15)24-19/h3-12H,1-2H3. The molecule has 0 aliphatic heterocycles. The Labute approximate surface area is 143 Å². The maximum Gasteiger partial charge on any atom is 0.212 e. The summed E-state index contributed by atoms with van der Waals surface area (Å²) in [5.41, 5.74) is 3.81. The number of rotatable bonds is 3. The Kier molecular flexibility index (Phi) is 3.65. The van der Waals surface area contributed by atoms with E-state index in [1.165, 1.54) is 12.1 Å². The van der Waals surface area contributed by atoms with Crippen molar-refractivity contribution in [3.8, 4) is 16.4 Å². The number of hydrogen-bond acceptors (Lipinski definition) is 3. The molecule has 0 saturated carbocycles. The van der Waals surface area contributed by atoms with E-state index < -0.39 is 0 Å². The van der Waals surface area contributed by atoms with Gasteiger partial charge in [0, 0.05) is 5.56 Å². The summed E-state index contributed by atoms with van der Waals surface area (Å²) >= 11 is 1.60. The van der Waals surface area contributed by atoms with E-state index in [1.807, 2.05) is 22.9 Å². The zero-order valence-electron chi connectivity index (χ0n) is 13.4. The van der Waals surface area contributed by atoms with Crippen molar-refractivity contribution in [2.24, 2.45) is 0 Å². The highest BCUT2D eigenvalue weighted by atomic mass is 32.1. The Bertz CT molecular complexity index is 966. The second kappa shape index (κ2) is 5.83. The molecule has 0 spiro atoms. The van der Waals surface area contributed by atoms with Gasteiger partial charge in [0.1, 0.15) is 5.82 Å². The molecule has 0 bridgehead atoms. The van der Waals surface area contributed by atoms with Gasteiger partial charge >= 0.3 is 0 Å². The van der Waals surface area contributed by atoms with Gasteiger partial charge in [-0.05, 0) is 48.4 Å². The number of fused-ring (bicyclic) bond motifs is 1. The summed E-state index contributed by atoms with van der Waals surface area (Å²) in [5, 5.41) is 5.57. The number of halogens is 1. The van der Waals surface area contributed by atoms with Gasteiger partial charge in [-0.1, -0.05) is 37.3 Å². The molecule has 2 heterocycles. The highest BCUT2D eigenvalue weighted by Crippen LogP contribution is 2.31. The van der Waals surface area contributed by atoms with Crippen LogP contribution in [0, 0.1) is 5.82 Å². The fourth-order valence-corrected chi connectivity index (χ4v) is 3.54. The Morgan fingerprint density at radius 1 is 1.04 bits per heavy atom. The first kappa shape index (κ1) is 15.0. The van der Waals surface area contributed by atoms with Gasteiger partial charge in [-0.2, -0.15) is 5.10 Å². The van der Waals surface area contributed by atoms with Gasteiger partial charge in [-0.15, -0.1) is 0 Å². The van der Waals surface area contributed by atoms with E-state index in [0.29, 0.717) is 5.92 Å². The Hall–Kier alpha value is -2.53. The van der Waals surface area contributed by atoms with Crippen molar-refractivity contribution in [2.45, 2.75) is 19.8 Å². The maximum atomic E-state index is 13.3. The molecule has 0 atom stereocenters. The minimum Gasteiger partial charge on any atom is -0.218 e. The van der Waals surface area contributed by atoms with E-state index in [-0.39, 0.29) is 5.82 Å². The molecular weight excluding hydrogens is 321 g/mol. The van der Waals surface area contributed by atoms with Crippen molar-refractivity contribution < 1.29 is 4.39 Å². The van der Waals surface area contributed by atoms with Crippen molar-refractivity contribution >= 4 is 21.6 Å². The lowest BCUT2D eigenvalue weighted by Crippen LogP contribution is -1.99. The highest BCUT2D eigenvalue weighted by molar-refractivity contribution is 7.20. The first-order valence-corrected chi connectivity index (χ1v) is 8.65. The zero-order valence-corrected chi connectivity index (χ0v) is 14.2. The van der Waals surface area contributed by atoms with Gasteiger partial charge in [0.25, 0.3) is 0 Å². The molecular formula is C19H16FN3S. The minimum absolute atomic E-state index is 0.242. The maximum absolute atomic E-state index is 13.3. The summed E-state index contributed by atoms with van der Waals surface area (Å²) < 4.78 is 16.3. The second-order valence-corrected chi connectivity index (χ2v) is 7.00. The van der Waals surface area contributed by atoms with Crippen molar-refractivity contribution in [1.29, 1.82) is 0 Å². The van der Waals surface area contributed by atoms with Crippen molar-refractivity contribution in [3.05, 3.63) is 66.1 Å². The summed E-state index contributed by atoms with van der Waals surface area (Å²) in [6.07, 6.45) is 0. The molecule has 0 N–H and O–H groups in total. The van der Waals surface area contributed by atoms with Gasteiger partial charge in [0.05, 0.1) is 21.6 Å². The number of hydrogen-bond donors (Lipinski definition) is 0. The first-order chi connectivity index (χ1) is 11.6. The van der Waals surface area contributed by atoms with Crippen LogP contribution in [0.15, 0.2) is 54.6 Å². The number of thiazole rings is 1. The van der Waals surface area contributed by atoms with Crippen LogP contribution in [0.2, 0.25) is 0 Å². The predicted molar refractivity (Wildman–Crippen MR) is 96.2 cm³/mol. The molecule has 120 valence electrons. The third kappa shape index (κ3) is 2.61. The summed E-state index contributed by atoms with van der Waals surface area (Å²) in [7, 11) is 0. The van der Waals surface area contributed by atoms with Crippen LogP contribution in [0.3, 0.4) is 0 Å². The van der Waals surface area contributed by atoms with Crippen LogP contribution in [0.5, 0.6) is 0 Å². The van der Waals surface area contributed by atoms with Crippen molar-refractivity contribution in [2.75, 3.05) is 0 Å². The summed E-state index contributed by atoms with van der Waals surface area (Å²) in [6, 6.07) is 16.6. The molecule has 0 fully saturated rings. The molecule has 0 saturated heterocycles. The molecule has 2 aromatic heterocycles.